The third-order valence-corrected chi connectivity index (χ3v) is 15.5. The van der Waals surface area contributed by atoms with Gasteiger partial charge < -0.3 is 19.0 Å². The normalized spacial score (nSPS) is 16.5. The molecule has 2 unspecified atom stereocenters. The van der Waals surface area contributed by atoms with E-state index in [1.807, 2.05) is 36.4 Å². The Hall–Kier alpha value is -8.32. The van der Waals surface area contributed by atoms with Gasteiger partial charge >= 0.3 is 0 Å². The number of aryl methyl sites for hydroxylation is 2. The molecule has 2 aliphatic carbocycles. The number of hydrogen-bond acceptors (Lipinski definition) is 6. The first-order valence-corrected chi connectivity index (χ1v) is 28.7. The van der Waals surface area contributed by atoms with Crippen LogP contribution in [0.1, 0.15) is 126 Å². The van der Waals surface area contributed by atoms with E-state index in [9.17, 15) is 10.5 Å². The summed E-state index contributed by atoms with van der Waals surface area (Å²) in [4.78, 5) is 4.70. The zero-order valence-corrected chi connectivity index (χ0v) is 47.5. The number of benzene rings is 3. The Labute approximate surface area is 471 Å². The van der Waals surface area contributed by atoms with Crippen molar-refractivity contribution in [3.63, 3.8) is 0 Å². The summed E-state index contributed by atoms with van der Waals surface area (Å²) >= 11 is 0. The zero-order valence-electron chi connectivity index (χ0n) is 47.5. The van der Waals surface area contributed by atoms with Crippen LogP contribution in [0.5, 0.6) is 0 Å². The van der Waals surface area contributed by atoms with Crippen LogP contribution in [0.3, 0.4) is 0 Å². The van der Waals surface area contributed by atoms with E-state index < -0.39 is 0 Å². The van der Waals surface area contributed by atoms with Gasteiger partial charge in [-0.25, -0.2) is 0 Å². The molecule has 5 aromatic rings. The summed E-state index contributed by atoms with van der Waals surface area (Å²) in [5.41, 5.74) is 13.0. The molecule has 4 bridgehead atoms. The van der Waals surface area contributed by atoms with Gasteiger partial charge in [-0.1, -0.05) is 169 Å². The summed E-state index contributed by atoms with van der Waals surface area (Å²) in [7, 11) is 0. The van der Waals surface area contributed by atoms with E-state index in [0.717, 1.165) is 149 Å². The minimum Gasteiger partial charge on any atom is -0.461 e. The van der Waals surface area contributed by atoms with Crippen LogP contribution in [-0.4, -0.2) is 11.4 Å². The fourth-order valence-electron chi connectivity index (χ4n) is 11.2. The summed E-state index contributed by atoms with van der Waals surface area (Å²) in [6.45, 7) is 22.7. The minimum atomic E-state index is 0.0928. The van der Waals surface area contributed by atoms with Crippen molar-refractivity contribution >= 4 is 50.6 Å². The van der Waals surface area contributed by atoms with Crippen molar-refractivity contribution in [1.29, 1.82) is 10.5 Å². The van der Waals surface area contributed by atoms with Gasteiger partial charge in [-0.3, -0.25) is 0 Å². The predicted molar refractivity (Wildman–Crippen MR) is 332 cm³/mol. The van der Waals surface area contributed by atoms with E-state index in [0.29, 0.717) is 30.0 Å². The summed E-state index contributed by atoms with van der Waals surface area (Å²) in [6, 6.07) is 43.1. The van der Waals surface area contributed by atoms with E-state index in [1.165, 1.54) is 22.4 Å². The average Bonchev–Trinajstić information content (AvgIpc) is 3.75. The van der Waals surface area contributed by atoms with E-state index in [4.69, 9.17) is 9.15 Å². The molecule has 8 rings (SSSR count). The molecule has 2 heterocycles. The molecule has 3 aliphatic rings. The smallest absolute Gasteiger partial charge is 0.137 e. The summed E-state index contributed by atoms with van der Waals surface area (Å²) in [6.07, 6.45) is 33.5. The Bertz CT molecular complexity index is 3560. The first-order valence-electron chi connectivity index (χ1n) is 28.7. The highest BCUT2D eigenvalue weighted by molar-refractivity contribution is 5.91. The zero-order chi connectivity index (χ0) is 55.7. The summed E-state index contributed by atoms with van der Waals surface area (Å²) in [5, 5.41) is 24.2. The van der Waals surface area contributed by atoms with Crippen LogP contribution in [0, 0.1) is 48.3 Å². The molecule has 0 saturated heterocycles. The topological polar surface area (TPSA) is 76.4 Å². The molecule has 6 nitrogen and oxygen atoms in total. The fraction of sp³-hybridized carbons (Fsp3) is 0.288. The van der Waals surface area contributed by atoms with Gasteiger partial charge in [0.2, 0.25) is 0 Å². The van der Waals surface area contributed by atoms with Gasteiger partial charge in [0.1, 0.15) is 22.9 Å². The van der Waals surface area contributed by atoms with Gasteiger partial charge in [-0.2, -0.15) is 10.5 Å². The second-order valence-corrected chi connectivity index (χ2v) is 20.9. The van der Waals surface area contributed by atoms with Crippen molar-refractivity contribution in [2.24, 2.45) is 11.8 Å². The maximum absolute atomic E-state index is 10.0. The molecule has 0 amide bonds. The maximum Gasteiger partial charge on any atom is 0.137 e. The predicted octanol–water partition coefficient (Wildman–Crippen LogP) is 19.5. The first-order chi connectivity index (χ1) is 38.6. The molecular formula is C73H78N4O2. The summed E-state index contributed by atoms with van der Waals surface area (Å²) in [5.74, 6) is 2.96. The molecule has 402 valence electrons. The number of anilines is 3. The summed E-state index contributed by atoms with van der Waals surface area (Å²) < 4.78 is 13.5. The minimum absolute atomic E-state index is 0.0928. The number of hydrogen-bond donors (Lipinski definition) is 0. The molecular weight excluding hydrogens is 965 g/mol. The van der Waals surface area contributed by atoms with Crippen molar-refractivity contribution in [1.82, 2.24) is 4.90 Å². The lowest BCUT2D eigenvalue weighted by Gasteiger charge is -2.28. The Morgan fingerprint density at radius 3 is 2.38 bits per heavy atom. The van der Waals surface area contributed by atoms with Crippen molar-refractivity contribution in [3.8, 4) is 12.1 Å². The van der Waals surface area contributed by atoms with Gasteiger partial charge in [-0.05, 0) is 171 Å². The highest BCUT2D eigenvalue weighted by atomic mass is 16.5. The highest BCUT2D eigenvalue weighted by Crippen LogP contribution is 2.43. The molecule has 0 N–H and O–H groups in total. The van der Waals surface area contributed by atoms with Crippen LogP contribution >= 0.6 is 0 Å². The molecule has 2 atom stereocenters. The third-order valence-electron chi connectivity index (χ3n) is 15.5. The van der Waals surface area contributed by atoms with Crippen molar-refractivity contribution in [3.05, 3.63) is 244 Å². The maximum atomic E-state index is 10.0. The first kappa shape index (κ1) is 56.9. The lowest BCUT2D eigenvalue weighted by atomic mass is 9.87. The molecule has 1 aromatic heterocycles. The second-order valence-electron chi connectivity index (χ2n) is 20.9. The van der Waals surface area contributed by atoms with Crippen LogP contribution in [-0.2, 0) is 11.2 Å². The number of ether oxygens (including phenoxy) is 1. The number of fused-ring (bicyclic) bond motifs is 5. The van der Waals surface area contributed by atoms with Gasteiger partial charge in [-0.15, -0.1) is 0 Å². The van der Waals surface area contributed by atoms with Crippen LogP contribution in [0.15, 0.2) is 215 Å². The Kier molecular flexibility index (Phi) is 20.0. The standard InChI is InChI=1S/C73H78N4O2/c1-9-13-15-27-61-30-22-31-62-28-18-20-34-69(55(8)79-73(61)62)77(65-44-37-58(51-75)38-45-65)70-47-40-56-39-46-66-52(5)60(41-42-63(70)49-56)29-23-35-71(66)76(64-32-19-17-26-57(50-74)36-43-64)48-21-14-16-33-67-54(7)78-72(68(67)25-11-3)53(6)59(12-4)24-10-2/h11,14,18,20-23,25-26,28-32,34,36-47,49,59,67H,6-7,9-10,12-13,15-17,19,24,27,33,35,48H2,1-5,8H3/b21-14-,25-11-,28-18?,34-20?,42-41?,43-36-,46-39?,57-26?,64-32+,69-55?. The fourth-order valence-corrected chi connectivity index (χ4v) is 11.2. The van der Waals surface area contributed by atoms with Crippen LogP contribution in [0.25, 0.3) is 33.5 Å². The highest BCUT2D eigenvalue weighted by Gasteiger charge is 2.32. The lowest BCUT2D eigenvalue weighted by Crippen LogP contribution is -2.27. The molecule has 6 heteroatoms. The van der Waals surface area contributed by atoms with Crippen LogP contribution < -0.4 is 10.1 Å². The lowest BCUT2D eigenvalue weighted by molar-refractivity contribution is 0.301. The quantitative estimate of drug-likeness (QED) is 0.0571. The van der Waals surface area contributed by atoms with Crippen LogP contribution in [0.2, 0.25) is 0 Å². The van der Waals surface area contributed by atoms with E-state index in [1.54, 1.807) is 0 Å². The van der Waals surface area contributed by atoms with Gasteiger partial charge in [0.15, 0.2) is 0 Å². The van der Waals surface area contributed by atoms with E-state index in [2.05, 4.69) is 210 Å². The van der Waals surface area contributed by atoms with Crippen molar-refractivity contribution < 1.29 is 9.15 Å². The number of para-hydroxylation sites is 1. The third kappa shape index (κ3) is 13.7. The van der Waals surface area contributed by atoms with Crippen molar-refractivity contribution in [2.45, 2.75) is 119 Å². The Balaban J connectivity index is 1.21. The molecule has 1 aliphatic heterocycles. The van der Waals surface area contributed by atoms with E-state index >= 15 is 0 Å². The molecule has 0 radical (unpaired) electrons. The molecule has 79 heavy (non-hydrogen) atoms. The Morgan fingerprint density at radius 1 is 0.810 bits per heavy atom. The molecule has 4 aromatic carbocycles. The van der Waals surface area contributed by atoms with Gasteiger partial charge in [0.25, 0.3) is 0 Å². The monoisotopic (exact) mass is 1040 g/mol. The number of nitrogens with zero attached hydrogens (tertiary/aromatic N) is 4. The number of unbranched alkanes of at least 4 members (excludes halogenated alkanes) is 2. The van der Waals surface area contributed by atoms with Crippen LogP contribution in [0.4, 0.5) is 17.1 Å². The van der Waals surface area contributed by atoms with Crippen molar-refractivity contribution in [2.75, 3.05) is 11.4 Å². The largest absolute Gasteiger partial charge is 0.461 e. The second kappa shape index (κ2) is 27.8. The number of rotatable bonds is 20. The molecule has 0 fully saturated rings. The van der Waals surface area contributed by atoms with Gasteiger partial charge in [0, 0.05) is 52.5 Å². The SMILES string of the molecule is C=C(C1=C(/C=C\C)C(CC/C=C\CN(C2=c3ccc4ccc(N(c5ccc(C#N)cc5)c5ccccc6cccc(CCCCC)c6oc5C)c(ccc(c3C)C=CC2)c4)C2=C/CCC=C(C#N)/C=C\2)C(=C)O1)C(CC)CCC. The number of nitriles is 2. The van der Waals surface area contributed by atoms with E-state index in [-0.39, 0.29) is 5.92 Å². The average molecular weight is 1040 g/mol. The van der Waals surface area contributed by atoms with Gasteiger partial charge in [0.05, 0.1) is 29.1 Å². The number of allylic oxidation sites excluding steroid dienone is 10. The molecule has 0 spiro atoms. The molecule has 0 saturated carbocycles. The Morgan fingerprint density at radius 2 is 1.61 bits per heavy atom.